The van der Waals surface area contributed by atoms with Gasteiger partial charge in [0.25, 0.3) is 11.5 Å². The Balaban J connectivity index is 3.14. The first-order valence-electron chi connectivity index (χ1n) is 9.09. The quantitative estimate of drug-likeness (QED) is 0.117. The van der Waals surface area contributed by atoms with Gasteiger partial charge in [-0.3, -0.25) is 24.5 Å². The Morgan fingerprint density at radius 3 is 2.15 bits per heavy atom. The number of carbonyl (C=O) groups is 4. The summed E-state index contributed by atoms with van der Waals surface area (Å²) in [6.45, 7) is 0.720. The van der Waals surface area contributed by atoms with Crippen LogP contribution in [0.15, 0.2) is 24.3 Å². The molecule has 3 atom stereocenters. The number of alkyl halides is 3. The van der Waals surface area contributed by atoms with E-state index in [4.69, 9.17) is 5.73 Å². The van der Waals surface area contributed by atoms with Crippen LogP contribution in [-0.4, -0.2) is 64.8 Å². The molecule has 3 unspecified atom stereocenters. The molecule has 0 aliphatic carbocycles. The number of anilines is 1. The van der Waals surface area contributed by atoms with E-state index in [0.717, 1.165) is 24.3 Å². The summed E-state index contributed by atoms with van der Waals surface area (Å²) in [5.74, 6) is -6.16. The van der Waals surface area contributed by atoms with Gasteiger partial charge >= 0.3 is 12.1 Å². The van der Waals surface area contributed by atoms with E-state index in [0.29, 0.717) is 0 Å². The summed E-state index contributed by atoms with van der Waals surface area (Å²) in [6, 6.07) is 3.95. The van der Waals surface area contributed by atoms with Gasteiger partial charge in [-0.05, 0) is 12.1 Å². The molecule has 0 saturated heterocycles. The van der Waals surface area contributed by atoms with E-state index in [-0.39, 0.29) is 17.8 Å². The highest BCUT2D eigenvalue weighted by Crippen LogP contribution is 2.23. The first-order valence-corrected chi connectivity index (χ1v) is 9.09. The smallest absolute Gasteiger partial charge is 0.446 e. The van der Waals surface area contributed by atoms with Gasteiger partial charge in [0.05, 0.1) is 11.5 Å². The molecule has 0 fully saturated rings. The number of Topliss-reactive ketones (excluding diaryl/α,β-unsaturated/α-hetero) is 1. The predicted molar refractivity (Wildman–Crippen MR) is 103 cm³/mol. The van der Waals surface area contributed by atoms with Crippen molar-refractivity contribution >= 4 is 34.9 Å². The van der Waals surface area contributed by atoms with Crippen molar-refractivity contribution in [2.24, 2.45) is 5.73 Å². The van der Waals surface area contributed by atoms with Crippen molar-refractivity contribution in [3.63, 3.8) is 0 Å². The number of nitrogens with zero attached hydrogens (tertiary/aromatic N) is 1. The van der Waals surface area contributed by atoms with Crippen LogP contribution in [0.25, 0.3) is 0 Å². The number of rotatable bonds is 11. The highest BCUT2D eigenvalue weighted by molar-refractivity contribution is 5.93. The number of aliphatic hydroxyl groups is 1. The van der Waals surface area contributed by atoms with E-state index in [2.05, 4.69) is 4.74 Å². The van der Waals surface area contributed by atoms with Gasteiger partial charge in [-0.2, -0.15) is 13.2 Å². The number of carbonyl (C=O) groups excluding carboxylic acids is 4. The average Bonchev–Trinajstić information content (AvgIpc) is 2.75. The van der Waals surface area contributed by atoms with Crippen LogP contribution in [0.1, 0.15) is 13.3 Å². The zero-order valence-corrected chi connectivity index (χ0v) is 16.9. The standard InChI is InChI=1S/C17H20F3N5O8/c1-2-10(26)23-14(24-11(27)7-21)16(30)33-12(13(28)17(18,19)20)15(29)22-8-3-5-9(6-4-8)25(31)32/h3-6,12,14-15,22,29H,2,7,21H2,1H3,(H,23,26)(H,24,27). The lowest BCUT2D eigenvalue weighted by Crippen LogP contribution is -2.57. The largest absolute Gasteiger partial charge is 0.454 e. The molecule has 16 heteroatoms. The lowest BCUT2D eigenvalue weighted by atomic mass is 10.1. The van der Waals surface area contributed by atoms with E-state index < -0.39 is 59.7 Å². The number of nitro groups is 1. The van der Waals surface area contributed by atoms with Crippen molar-refractivity contribution in [1.82, 2.24) is 10.6 Å². The Bertz CT molecular complexity index is 876. The highest BCUT2D eigenvalue weighted by atomic mass is 19.4. The van der Waals surface area contributed by atoms with Gasteiger partial charge < -0.3 is 31.5 Å². The molecule has 1 rings (SSSR count). The number of hydrogen-bond acceptors (Lipinski definition) is 10. The van der Waals surface area contributed by atoms with E-state index >= 15 is 0 Å². The van der Waals surface area contributed by atoms with E-state index in [1.165, 1.54) is 6.92 Å². The number of nitrogens with two attached hydrogens (primary N) is 1. The molecule has 0 radical (unpaired) electrons. The molecular formula is C17H20F3N5O8. The molecule has 0 bridgehead atoms. The number of non-ortho nitro benzene ring substituents is 1. The number of ether oxygens (including phenoxy) is 1. The van der Waals surface area contributed by atoms with Gasteiger partial charge in [0.1, 0.15) is 0 Å². The number of amides is 2. The third-order valence-corrected chi connectivity index (χ3v) is 3.81. The second-order valence-corrected chi connectivity index (χ2v) is 6.24. The molecule has 6 N–H and O–H groups in total. The number of aliphatic hydroxyl groups excluding tert-OH is 1. The van der Waals surface area contributed by atoms with E-state index in [1.807, 2.05) is 16.0 Å². The van der Waals surface area contributed by atoms with Crippen LogP contribution in [0, 0.1) is 10.1 Å². The van der Waals surface area contributed by atoms with Crippen molar-refractivity contribution in [2.75, 3.05) is 11.9 Å². The predicted octanol–water partition coefficient (Wildman–Crippen LogP) is -0.704. The summed E-state index contributed by atoms with van der Waals surface area (Å²) < 4.78 is 43.5. The SMILES string of the molecule is CCC(=O)NC(NC(=O)CN)C(=O)OC(C(=O)C(F)(F)F)C(O)Nc1ccc([N+](=O)[O-])cc1. The molecule has 13 nitrogen and oxygen atoms in total. The molecule has 33 heavy (non-hydrogen) atoms. The fraction of sp³-hybridized carbons (Fsp3) is 0.412. The van der Waals surface area contributed by atoms with Crippen molar-refractivity contribution in [3.8, 4) is 0 Å². The molecule has 1 aromatic rings. The Morgan fingerprint density at radius 2 is 1.70 bits per heavy atom. The monoisotopic (exact) mass is 479 g/mol. The summed E-state index contributed by atoms with van der Waals surface area (Å²) >= 11 is 0. The fourth-order valence-electron chi connectivity index (χ4n) is 2.18. The second-order valence-electron chi connectivity index (χ2n) is 6.24. The zero-order valence-electron chi connectivity index (χ0n) is 16.9. The lowest BCUT2D eigenvalue weighted by molar-refractivity contribution is -0.384. The van der Waals surface area contributed by atoms with E-state index in [1.54, 1.807) is 0 Å². The van der Waals surface area contributed by atoms with Gasteiger partial charge in [0.15, 0.2) is 6.23 Å². The molecule has 0 saturated carbocycles. The summed E-state index contributed by atoms with van der Waals surface area (Å²) in [7, 11) is 0. The third-order valence-electron chi connectivity index (χ3n) is 3.81. The second kappa shape index (κ2) is 11.7. The molecule has 0 aliphatic rings. The van der Waals surface area contributed by atoms with Gasteiger partial charge in [-0.25, -0.2) is 4.79 Å². The Morgan fingerprint density at radius 1 is 1.15 bits per heavy atom. The molecule has 182 valence electrons. The number of ketones is 1. The molecule has 0 spiro atoms. The van der Waals surface area contributed by atoms with Gasteiger partial charge in [-0.1, -0.05) is 6.92 Å². The minimum Gasteiger partial charge on any atom is -0.446 e. The topological polar surface area (TPSA) is 203 Å². The molecule has 0 aliphatic heterocycles. The van der Waals surface area contributed by atoms with Crippen molar-refractivity contribution in [2.45, 2.75) is 38.0 Å². The highest BCUT2D eigenvalue weighted by Gasteiger charge is 2.49. The first-order chi connectivity index (χ1) is 15.3. The maximum Gasteiger partial charge on any atom is 0.454 e. The fourth-order valence-corrected chi connectivity index (χ4v) is 2.18. The van der Waals surface area contributed by atoms with Crippen LogP contribution < -0.4 is 21.7 Å². The Hall–Kier alpha value is -3.79. The molecule has 0 aromatic heterocycles. The maximum atomic E-state index is 13.0. The Kier molecular flexibility index (Phi) is 9.68. The van der Waals surface area contributed by atoms with Crippen molar-refractivity contribution in [3.05, 3.63) is 34.4 Å². The number of hydrogen-bond donors (Lipinski definition) is 5. The number of nitro benzene ring substituents is 1. The normalized spacial score (nSPS) is 13.8. The Labute approximate surface area is 183 Å². The molecule has 1 aromatic carbocycles. The maximum absolute atomic E-state index is 13.0. The van der Waals surface area contributed by atoms with Crippen LogP contribution in [0.4, 0.5) is 24.5 Å². The van der Waals surface area contributed by atoms with Crippen LogP contribution >= 0.6 is 0 Å². The van der Waals surface area contributed by atoms with Gasteiger partial charge in [0.2, 0.25) is 24.1 Å². The minimum atomic E-state index is -5.55. The number of nitrogens with one attached hydrogen (secondary N) is 3. The number of halogens is 3. The van der Waals surface area contributed by atoms with Gasteiger partial charge in [-0.15, -0.1) is 0 Å². The van der Waals surface area contributed by atoms with Crippen LogP contribution in [0.3, 0.4) is 0 Å². The molecule has 0 heterocycles. The minimum absolute atomic E-state index is 0.156. The number of benzene rings is 1. The van der Waals surface area contributed by atoms with Crippen LogP contribution in [0.2, 0.25) is 0 Å². The van der Waals surface area contributed by atoms with E-state index in [9.17, 15) is 47.6 Å². The summed E-state index contributed by atoms with van der Waals surface area (Å²) in [6.07, 6.45) is -13.1. The van der Waals surface area contributed by atoms with Crippen LogP contribution in [0.5, 0.6) is 0 Å². The third kappa shape index (κ3) is 8.34. The molecular weight excluding hydrogens is 459 g/mol. The lowest BCUT2D eigenvalue weighted by Gasteiger charge is -2.26. The van der Waals surface area contributed by atoms with Crippen LogP contribution in [-0.2, 0) is 23.9 Å². The first kappa shape index (κ1) is 27.2. The molecule has 2 amide bonds. The zero-order chi connectivity index (χ0) is 25.3. The summed E-state index contributed by atoms with van der Waals surface area (Å²) in [4.78, 5) is 57.1. The average molecular weight is 479 g/mol. The van der Waals surface area contributed by atoms with Crippen molar-refractivity contribution in [1.29, 1.82) is 0 Å². The summed E-state index contributed by atoms with van der Waals surface area (Å²) in [5, 5.41) is 26.7. The van der Waals surface area contributed by atoms with Gasteiger partial charge in [0, 0.05) is 24.2 Å². The van der Waals surface area contributed by atoms with Crippen molar-refractivity contribution < 1.29 is 47.1 Å². The number of esters is 1. The summed E-state index contributed by atoms with van der Waals surface area (Å²) in [5.41, 5.74) is 4.56.